The average Bonchev–Trinajstić information content (AvgIpc) is 3.36. The lowest BCUT2D eigenvalue weighted by atomic mass is 9.94. The molecule has 3 aromatic rings. The number of benzene rings is 3. The summed E-state index contributed by atoms with van der Waals surface area (Å²) in [6, 6.07) is 21.3. The van der Waals surface area contributed by atoms with Gasteiger partial charge in [0.15, 0.2) is 61.6 Å². The molecule has 15 atom stereocenters. The number of rotatable bonds is 18. The minimum atomic E-state index is -2.07. The molecule has 1 amide bonds. The molecule has 3 saturated heterocycles. The minimum Gasteiger partial charge on any atom is -0.463 e. The largest absolute Gasteiger partial charge is 0.463 e. The Morgan fingerprint density at radius 2 is 0.827 bits per heavy atom. The number of ether oxygens (including phenoxy) is 13. The summed E-state index contributed by atoms with van der Waals surface area (Å²) >= 11 is 0. The first-order valence-corrected chi connectivity index (χ1v) is 23.5. The van der Waals surface area contributed by atoms with Crippen molar-refractivity contribution < 1.29 is 110 Å². The van der Waals surface area contributed by atoms with Crippen LogP contribution in [0.2, 0.25) is 0 Å². The molecule has 0 unspecified atom stereocenters. The molecule has 75 heavy (non-hydrogen) atoms. The van der Waals surface area contributed by atoms with Crippen LogP contribution >= 0.6 is 0 Å². The van der Waals surface area contributed by atoms with Gasteiger partial charge in [0.25, 0.3) is 0 Å². The molecule has 3 fully saturated rings. The monoisotopic (exact) mass is 1050 g/mol. The summed E-state index contributed by atoms with van der Waals surface area (Å²) in [5.74, 6) is -8.28. The van der Waals surface area contributed by atoms with E-state index in [-0.39, 0.29) is 16.7 Å². The number of nitrogens with one attached hydrogen (secondary N) is 1. The van der Waals surface area contributed by atoms with Gasteiger partial charge in [-0.3, -0.25) is 28.8 Å². The number of hydrogen-bond acceptors (Lipinski definition) is 23. The van der Waals surface area contributed by atoms with E-state index in [0.29, 0.717) is 0 Å². The van der Waals surface area contributed by atoms with Gasteiger partial charge in [0, 0.05) is 41.5 Å². The zero-order valence-electron chi connectivity index (χ0n) is 41.7. The smallest absolute Gasteiger partial charge is 0.338 e. The van der Waals surface area contributed by atoms with E-state index in [0.717, 1.165) is 41.5 Å². The van der Waals surface area contributed by atoms with Crippen LogP contribution in [0, 0.1) is 0 Å². The molecule has 0 saturated carbocycles. The number of carbonyl (C=O) groups is 9. The van der Waals surface area contributed by atoms with Gasteiger partial charge >= 0.3 is 47.8 Å². The van der Waals surface area contributed by atoms with Gasteiger partial charge in [-0.1, -0.05) is 54.6 Å². The maximum atomic E-state index is 14.2. The number of aliphatic hydroxyl groups excluding tert-OH is 1. The molecule has 0 radical (unpaired) electrons. The van der Waals surface area contributed by atoms with Crippen molar-refractivity contribution in [2.24, 2.45) is 0 Å². The van der Waals surface area contributed by atoms with Crippen molar-refractivity contribution in [1.29, 1.82) is 0 Å². The summed E-state index contributed by atoms with van der Waals surface area (Å²) in [7, 11) is 0. The third-order valence-corrected chi connectivity index (χ3v) is 11.5. The van der Waals surface area contributed by atoms with Crippen LogP contribution in [0.15, 0.2) is 91.0 Å². The molecule has 404 valence electrons. The summed E-state index contributed by atoms with van der Waals surface area (Å²) in [4.78, 5) is 118. The van der Waals surface area contributed by atoms with Crippen LogP contribution in [0.4, 0.5) is 0 Å². The molecule has 24 nitrogen and oxygen atoms in total. The van der Waals surface area contributed by atoms with Crippen molar-refractivity contribution in [2.45, 2.75) is 141 Å². The minimum absolute atomic E-state index is 0.0190. The fraction of sp³-hybridized carbons (Fsp3) is 0.471. The molecule has 3 heterocycles. The summed E-state index contributed by atoms with van der Waals surface area (Å²) in [6.07, 6.45) is -25.0. The Morgan fingerprint density at radius 3 is 1.28 bits per heavy atom. The van der Waals surface area contributed by atoms with Crippen molar-refractivity contribution in [2.75, 3.05) is 13.2 Å². The highest BCUT2D eigenvalue weighted by atomic mass is 16.8. The molecule has 24 heteroatoms. The van der Waals surface area contributed by atoms with Gasteiger partial charge < -0.3 is 72.0 Å². The standard InChI is InChI=1S/C51H57NO23/c1-25-38(71-46(59)32-17-11-8-12-18-32)42(72-47(60)33-19-13-9-14-20-33)44(73-48(61)34-21-15-10-16-22-34)50(65-25)75-45-43(68-31(7)58)40(66-29(5)56)36(24-64-28(4)55)70-51(45)74-39-35(23-63-27(3)54)69-49(62)37(52-26(2)53)41(39)67-30(6)57/h8-22,25,35-45,49-51,62H,23-24H2,1-7H3,(H,52,53)/t25-,35+,36+,37+,38+,39+,40-,41+,42+,43-,44-,45+,49+,50-,51-/m0/s1. The van der Waals surface area contributed by atoms with E-state index in [2.05, 4.69) is 5.32 Å². The van der Waals surface area contributed by atoms with Crippen molar-refractivity contribution in [3.63, 3.8) is 0 Å². The second kappa shape index (κ2) is 26.2. The lowest BCUT2D eigenvalue weighted by Crippen LogP contribution is -2.69. The third kappa shape index (κ3) is 15.4. The van der Waals surface area contributed by atoms with Crippen LogP contribution in [-0.2, 0) is 90.3 Å². The normalized spacial score (nSPS) is 29.2. The Hall–Kier alpha value is -7.35. The van der Waals surface area contributed by atoms with Gasteiger partial charge in [0.05, 0.1) is 22.8 Å². The molecule has 3 aromatic carbocycles. The lowest BCUT2D eigenvalue weighted by molar-refractivity contribution is -0.381. The number of hydrogen-bond donors (Lipinski definition) is 2. The van der Waals surface area contributed by atoms with Crippen LogP contribution in [0.3, 0.4) is 0 Å². The maximum Gasteiger partial charge on any atom is 0.338 e. The van der Waals surface area contributed by atoms with Gasteiger partial charge in [-0.05, 0) is 43.3 Å². The quantitative estimate of drug-likeness (QED) is 0.136. The number of esters is 8. The molecule has 2 N–H and O–H groups in total. The van der Waals surface area contributed by atoms with Crippen LogP contribution in [-0.4, -0.2) is 164 Å². The summed E-state index contributed by atoms with van der Waals surface area (Å²) in [5.41, 5.74) is 0.0783. The first-order chi connectivity index (χ1) is 35.7. The molecule has 0 aliphatic carbocycles. The van der Waals surface area contributed by atoms with Gasteiger partial charge in [-0.15, -0.1) is 0 Å². The Bertz CT molecular complexity index is 2490. The molecule has 3 aliphatic rings. The molecular weight excluding hydrogens is 995 g/mol. The zero-order valence-corrected chi connectivity index (χ0v) is 41.7. The molecule has 3 aliphatic heterocycles. The Balaban J connectivity index is 1.54. The maximum absolute atomic E-state index is 14.2. The van der Waals surface area contributed by atoms with E-state index in [1.165, 1.54) is 55.5 Å². The van der Waals surface area contributed by atoms with E-state index in [9.17, 15) is 48.3 Å². The van der Waals surface area contributed by atoms with Crippen molar-refractivity contribution >= 4 is 53.7 Å². The molecular formula is C51H57NO23. The topological polar surface area (TPSA) is 306 Å². The van der Waals surface area contributed by atoms with Crippen LogP contribution in [0.1, 0.15) is 79.5 Å². The highest BCUT2D eigenvalue weighted by Gasteiger charge is 2.59. The SMILES string of the molecule is CC(=O)N[C@@H]1[C@@H](OC(C)=O)[C@H](O[C@@H]2O[C@H](COC(C)=O)[C@H](OC(C)=O)[C@H](OC(C)=O)[C@H]2O[C@@H]2O[C@@H](C)[C@@H](OC(=O)c3ccccc3)[C@@H](OC(=O)c3ccccc3)[C@@H]2OC(=O)c2ccccc2)[C@@H](COC(C)=O)O[C@H]1O. The van der Waals surface area contributed by atoms with Gasteiger partial charge in [0.1, 0.15) is 37.6 Å². The van der Waals surface area contributed by atoms with E-state index in [4.69, 9.17) is 61.6 Å². The highest BCUT2D eigenvalue weighted by molar-refractivity contribution is 5.91. The molecule has 0 spiro atoms. The van der Waals surface area contributed by atoms with Gasteiger partial charge in [-0.2, -0.15) is 0 Å². The number of aliphatic hydroxyl groups is 1. The van der Waals surface area contributed by atoms with Crippen molar-refractivity contribution in [3.8, 4) is 0 Å². The molecule has 0 aromatic heterocycles. The first kappa shape index (κ1) is 56.9. The molecule has 6 rings (SSSR count). The average molecular weight is 1050 g/mol. The second-order valence-corrected chi connectivity index (χ2v) is 17.3. The first-order valence-electron chi connectivity index (χ1n) is 23.5. The van der Waals surface area contributed by atoms with Gasteiger partial charge in [-0.25, -0.2) is 14.4 Å². The van der Waals surface area contributed by atoms with Gasteiger partial charge in [0.2, 0.25) is 5.91 Å². The van der Waals surface area contributed by atoms with E-state index in [1.54, 1.807) is 42.5 Å². The Labute approximate surface area is 429 Å². The predicted molar refractivity (Wildman–Crippen MR) is 248 cm³/mol. The fourth-order valence-corrected chi connectivity index (χ4v) is 8.38. The highest BCUT2D eigenvalue weighted by Crippen LogP contribution is 2.38. The lowest BCUT2D eigenvalue weighted by Gasteiger charge is -2.50. The number of carbonyl (C=O) groups excluding carboxylic acids is 9. The number of amides is 1. The van der Waals surface area contributed by atoms with E-state index in [1.807, 2.05) is 0 Å². The van der Waals surface area contributed by atoms with Crippen molar-refractivity contribution in [1.82, 2.24) is 5.32 Å². The van der Waals surface area contributed by atoms with Crippen LogP contribution < -0.4 is 5.32 Å². The molecule has 0 bridgehead atoms. The predicted octanol–water partition coefficient (Wildman–Crippen LogP) is 2.05. The summed E-state index contributed by atoms with van der Waals surface area (Å²) in [5, 5.41) is 13.6. The Morgan fingerprint density at radius 1 is 0.440 bits per heavy atom. The second-order valence-electron chi connectivity index (χ2n) is 17.3. The van der Waals surface area contributed by atoms with E-state index < -0.39 is 159 Å². The van der Waals surface area contributed by atoms with Crippen LogP contribution in [0.25, 0.3) is 0 Å². The fourth-order valence-electron chi connectivity index (χ4n) is 8.38. The van der Waals surface area contributed by atoms with E-state index >= 15 is 0 Å². The zero-order chi connectivity index (χ0) is 54.5. The van der Waals surface area contributed by atoms with Crippen molar-refractivity contribution in [3.05, 3.63) is 108 Å². The third-order valence-electron chi connectivity index (χ3n) is 11.5. The Kier molecular flexibility index (Phi) is 19.9. The van der Waals surface area contributed by atoms with Crippen LogP contribution in [0.5, 0.6) is 0 Å². The summed E-state index contributed by atoms with van der Waals surface area (Å²) in [6.45, 7) is 6.23. The summed E-state index contributed by atoms with van der Waals surface area (Å²) < 4.78 is 77.9.